The Morgan fingerprint density at radius 1 is 0.914 bits per heavy atom. The number of rotatable bonds is 12. The van der Waals surface area contributed by atoms with Gasteiger partial charge in [-0.3, -0.25) is 4.98 Å². The predicted octanol–water partition coefficient (Wildman–Crippen LogP) is 3.97. The Kier molecular flexibility index (Phi) is 8.51. The SMILES string of the molecule is COc1ccc2nccc(Oc3ccc(C[C@@H](CO)NC[C@H](O)COc4ccccc4)cc3)c2c1. The van der Waals surface area contributed by atoms with Gasteiger partial charge in [0.15, 0.2) is 0 Å². The van der Waals surface area contributed by atoms with Gasteiger partial charge >= 0.3 is 0 Å². The number of nitrogens with zero attached hydrogens (tertiary/aromatic N) is 1. The minimum Gasteiger partial charge on any atom is -0.497 e. The molecule has 35 heavy (non-hydrogen) atoms. The molecule has 0 saturated carbocycles. The van der Waals surface area contributed by atoms with Crippen LogP contribution in [-0.4, -0.2) is 54.2 Å². The number of hydrogen-bond donors (Lipinski definition) is 3. The monoisotopic (exact) mass is 474 g/mol. The van der Waals surface area contributed by atoms with Crippen LogP contribution in [0.4, 0.5) is 0 Å². The molecule has 1 heterocycles. The molecule has 0 aliphatic heterocycles. The quantitative estimate of drug-likeness (QED) is 0.286. The molecule has 0 fully saturated rings. The molecule has 182 valence electrons. The number of hydrogen-bond acceptors (Lipinski definition) is 7. The Labute approximate surface area is 204 Å². The number of ether oxygens (including phenoxy) is 3. The first kappa shape index (κ1) is 24.5. The van der Waals surface area contributed by atoms with Crippen molar-refractivity contribution < 1.29 is 24.4 Å². The minimum absolute atomic E-state index is 0.0463. The van der Waals surface area contributed by atoms with E-state index in [4.69, 9.17) is 14.2 Å². The Balaban J connectivity index is 1.30. The molecule has 0 bridgehead atoms. The second-order valence-corrected chi connectivity index (χ2v) is 8.21. The molecule has 0 unspecified atom stereocenters. The molecule has 1 aromatic heterocycles. The summed E-state index contributed by atoms with van der Waals surface area (Å²) < 4.78 is 17.0. The molecule has 7 nitrogen and oxygen atoms in total. The van der Waals surface area contributed by atoms with Gasteiger partial charge in [-0.15, -0.1) is 0 Å². The summed E-state index contributed by atoms with van der Waals surface area (Å²) in [7, 11) is 1.63. The Morgan fingerprint density at radius 3 is 2.43 bits per heavy atom. The van der Waals surface area contributed by atoms with Gasteiger partial charge in [0.25, 0.3) is 0 Å². The van der Waals surface area contributed by atoms with Crippen molar-refractivity contribution in [1.82, 2.24) is 10.3 Å². The van der Waals surface area contributed by atoms with E-state index in [9.17, 15) is 10.2 Å². The van der Waals surface area contributed by atoms with Crippen molar-refractivity contribution in [2.24, 2.45) is 0 Å². The highest BCUT2D eigenvalue weighted by atomic mass is 16.5. The van der Waals surface area contributed by atoms with Gasteiger partial charge in [0.1, 0.15) is 35.7 Å². The number of benzene rings is 3. The number of para-hydroxylation sites is 1. The van der Waals surface area contributed by atoms with E-state index in [2.05, 4.69) is 10.3 Å². The van der Waals surface area contributed by atoms with E-state index in [1.807, 2.05) is 78.9 Å². The number of aliphatic hydroxyl groups excluding tert-OH is 2. The lowest BCUT2D eigenvalue weighted by Gasteiger charge is -2.19. The number of aliphatic hydroxyl groups is 2. The minimum atomic E-state index is -0.686. The van der Waals surface area contributed by atoms with E-state index in [0.29, 0.717) is 30.2 Å². The zero-order chi connectivity index (χ0) is 24.5. The van der Waals surface area contributed by atoms with Crippen molar-refractivity contribution in [2.75, 3.05) is 26.9 Å². The van der Waals surface area contributed by atoms with Crippen LogP contribution in [0.1, 0.15) is 5.56 Å². The highest BCUT2D eigenvalue weighted by molar-refractivity contribution is 5.86. The molecular formula is C28H30N2O5. The lowest BCUT2D eigenvalue weighted by atomic mass is 10.1. The van der Waals surface area contributed by atoms with Crippen molar-refractivity contribution >= 4 is 10.9 Å². The van der Waals surface area contributed by atoms with Crippen LogP contribution in [0.25, 0.3) is 10.9 Å². The van der Waals surface area contributed by atoms with Gasteiger partial charge in [-0.05, 0) is 60.5 Å². The van der Waals surface area contributed by atoms with Crippen LogP contribution in [0.2, 0.25) is 0 Å². The first-order chi connectivity index (χ1) is 17.1. The van der Waals surface area contributed by atoms with Gasteiger partial charge in [0, 0.05) is 24.2 Å². The fraction of sp³-hybridized carbons (Fsp3) is 0.250. The standard InChI is InChI=1S/C28H30N2O5/c1-33-25-11-12-27-26(16-25)28(13-14-29-27)35-24-9-7-20(8-10-24)15-21(18-31)30-17-22(32)19-34-23-5-3-2-4-6-23/h2-14,16,21-22,30-32H,15,17-19H2,1H3/t21-,22-/m0/s1. The van der Waals surface area contributed by atoms with Crippen LogP contribution >= 0.6 is 0 Å². The highest BCUT2D eigenvalue weighted by Crippen LogP contribution is 2.31. The smallest absolute Gasteiger partial charge is 0.138 e. The third kappa shape index (κ3) is 6.93. The lowest BCUT2D eigenvalue weighted by molar-refractivity contribution is 0.0997. The van der Waals surface area contributed by atoms with E-state index < -0.39 is 6.10 Å². The molecule has 4 aromatic rings. The molecule has 0 amide bonds. The molecule has 0 aliphatic rings. The van der Waals surface area contributed by atoms with Crippen molar-refractivity contribution in [1.29, 1.82) is 0 Å². The van der Waals surface area contributed by atoms with Crippen LogP contribution in [0.5, 0.6) is 23.0 Å². The second-order valence-electron chi connectivity index (χ2n) is 8.21. The first-order valence-corrected chi connectivity index (χ1v) is 11.5. The van der Waals surface area contributed by atoms with Crippen LogP contribution in [-0.2, 0) is 6.42 Å². The van der Waals surface area contributed by atoms with Crippen molar-refractivity contribution in [3.05, 3.63) is 90.6 Å². The summed E-state index contributed by atoms with van der Waals surface area (Å²) in [5.41, 5.74) is 1.87. The molecule has 3 N–H and O–H groups in total. The first-order valence-electron chi connectivity index (χ1n) is 11.5. The highest BCUT2D eigenvalue weighted by Gasteiger charge is 2.12. The zero-order valence-electron chi connectivity index (χ0n) is 19.6. The number of pyridine rings is 1. The van der Waals surface area contributed by atoms with E-state index >= 15 is 0 Å². The summed E-state index contributed by atoms with van der Waals surface area (Å²) in [6.07, 6.45) is 1.64. The second kappa shape index (κ2) is 12.2. The van der Waals surface area contributed by atoms with Gasteiger partial charge in [0.2, 0.25) is 0 Å². The van der Waals surface area contributed by atoms with Crippen LogP contribution < -0.4 is 19.5 Å². The summed E-state index contributed by atoms with van der Waals surface area (Å²) in [5, 5.41) is 24.1. The number of nitrogens with one attached hydrogen (secondary N) is 1. The van der Waals surface area contributed by atoms with Crippen molar-refractivity contribution in [2.45, 2.75) is 18.6 Å². The molecule has 0 saturated heterocycles. The summed E-state index contributed by atoms with van der Waals surface area (Å²) >= 11 is 0. The molecule has 0 spiro atoms. The molecular weight excluding hydrogens is 444 g/mol. The summed E-state index contributed by atoms with van der Waals surface area (Å²) in [4.78, 5) is 4.38. The topological polar surface area (TPSA) is 93.1 Å². The normalized spacial score (nSPS) is 12.8. The molecule has 3 aromatic carbocycles. The van der Waals surface area contributed by atoms with Crippen LogP contribution in [0.15, 0.2) is 85.1 Å². The van der Waals surface area contributed by atoms with Gasteiger partial charge in [-0.1, -0.05) is 30.3 Å². The molecule has 7 heteroatoms. The summed E-state index contributed by atoms with van der Waals surface area (Å²) in [6, 6.07) is 24.4. The number of fused-ring (bicyclic) bond motifs is 1. The molecule has 2 atom stereocenters. The largest absolute Gasteiger partial charge is 0.497 e. The fourth-order valence-corrected chi connectivity index (χ4v) is 3.69. The van der Waals surface area contributed by atoms with Gasteiger partial charge < -0.3 is 29.7 Å². The Bertz CT molecular complexity index is 1200. The molecule has 4 rings (SSSR count). The maximum Gasteiger partial charge on any atom is 0.138 e. The van der Waals surface area contributed by atoms with Crippen LogP contribution in [0.3, 0.4) is 0 Å². The van der Waals surface area contributed by atoms with Gasteiger partial charge in [-0.2, -0.15) is 0 Å². The predicted molar refractivity (Wildman–Crippen MR) is 135 cm³/mol. The third-order valence-electron chi connectivity index (χ3n) is 5.59. The molecule has 0 radical (unpaired) electrons. The van der Waals surface area contributed by atoms with Crippen molar-refractivity contribution in [3.63, 3.8) is 0 Å². The third-order valence-corrected chi connectivity index (χ3v) is 5.59. The maximum absolute atomic E-state index is 10.2. The number of methoxy groups -OCH3 is 1. The zero-order valence-corrected chi connectivity index (χ0v) is 19.6. The summed E-state index contributed by atoms with van der Waals surface area (Å²) in [5.74, 6) is 2.85. The fourth-order valence-electron chi connectivity index (χ4n) is 3.69. The van der Waals surface area contributed by atoms with E-state index in [1.165, 1.54) is 0 Å². The van der Waals surface area contributed by atoms with Crippen LogP contribution in [0, 0.1) is 0 Å². The molecule has 0 aliphatic carbocycles. The van der Waals surface area contributed by atoms with Crippen molar-refractivity contribution in [3.8, 4) is 23.0 Å². The lowest BCUT2D eigenvalue weighted by Crippen LogP contribution is -2.41. The average molecular weight is 475 g/mol. The maximum atomic E-state index is 10.2. The summed E-state index contributed by atoms with van der Waals surface area (Å²) in [6.45, 7) is 0.448. The van der Waals surface area contributed by atoms with Gasteiger partial charge in [0.05, 0.1) is 19.2 Å². The van der Waals surface area contributed by atoms with Gasteiger partial charge in [-0.25, -0.2) is 0 Å². The van der Waals surface area contributed by atoms with E-state index in [1.54, 1.807) is 13.3 Å². The number of aromatic nitrogens is 1. The van der Waals surface area contributed by atoms with E-state index in [-0.39, 0.29) is 19.3 Å². The Hall–Kier alpha value is -3.65. The Morgan fingerprint density at radius 2 is 1.69 bits per heavy atom. The van der Waals surface area contributed by atoms with E-state index in [0.717, 1.165) is 22.2 Å². The average Bonchev–Trinajstić information content (AvgIpc) is 2.91.